The minimum Gasteiger partial charge on any atom is -0.444 e. The van der Waals surface area contributed by atoms with Crippen molar-refractivity contribution < 1.29 is 19.1 Å². The van der Waals surface area contributed by atoms with Gasteiger partial charge in [-0.3, -0.25) is 9.59 Å². The maximum absolute atomic E-state index is 14.3. The number of carbonyl (C=O) groups is 3. The van der Waals surface area contributed by atoms with E-state index in [0.717, 1.165) is 63.4 Å². The van der Waals surface area contributed by atoms with Crippen molar-refractivity contribution >= 4 is 17.9 Å². The van der Waals surface area contributed by atoms with E-state index in [2.05, 4.69) is 31.4 Å². The number of ether oxygens (including phenoxy) is 1. The standard InChI is InChI=1S/C33H57N3O4/c1-9-12-14-15-17-23-36(31(38)28(24-25(4)5)35-32(39)40-33(6,7)8)29(30(37)34-22-16-13-10-2)27-20-18-26(11-3)19-21-27/h18-21,25,28-29H,9-17,22-24H2,1-8H3,(H,34,37)(H,35,39). The molecule has 1 aromatic rings. The monoisotopic (exact) mass is 559 g/mol. The molecule has 0 spiro atoms. The summed E-state index contributed by atoms with van der Waals surface area (Å²) in [5.74, 6) is -0.272. The first kappa shape index (κ1) is 35.5. The molecule has 0 radical (unpaired) electrons. The number of amides is 3. The molecule has 0 aromatic heterocycles. The second-order valence-corrected chi connectivity index (χ2v) is 12.3. The van der Waals surface area contributed by atoms with E-state index in [9.17, 15) is 14.4 Å². The molecule has 7 heteroatoms. The molecule has 228 valence electrons. The molecule has 40 heavy (non-hydrogen) atoms. The summed E-state index contributed by atoms with van der Waals surface area (Å²) in [6.45, 7) is 16.8. The molecule has 2 unspecified atom stereocenters. The lowest BCUT2D eigenvalue weighted by Gasteiger charge is -2.35. The Balaban J connectivity index is 3.44. The van der Waals surface area contributed by atoms with Crippen molar-refractivity contribution in [1.82, 2.24) is 15.5 Å². The van der Waals surface area contributed by atoms with Crippen LogP contribution in [-0.2, 0) is 20.7 Å². The van der Waals surface area contributed by atoms with Gasteiger partial charge in [-0.2, -0.15) is 0 Å². The van der Waals surface area contributed by atoms with E-state index in [-0.39, 0.29) is 17.7 Å². The van der Waals surface area contributed by atoms with Crippen LogP contribution in [0.3, 0.4) is 0 Å². The number of hydrogen-bond acceptors (Lipinski definition) is 4. The van der Waals surface area contributed by atoms with Crippen molar-refractivity contribution in [2.75, 3.05) is 13.1 Å². The van der Waals surface area contributed by atoms with E-state index in [1.807, 2.05) is 38.1 Å². The molecule has 0 saturated heterocycles. The molecular weight excluding hydrogens is 502 g/mol. The Hall–Kier alpha value is -2.57. The third-order valence-corrected chi connectivity index (χ3v) is 6.83. The molecule has 2 atom stereocenters. The van der Waals surface area contributed by atoms with Gasteiger partial charge in [0, 0.05) is 13.1 Å². The van der Waals surface area contributed by atoms with E-state index in [1.165, 1.54) is 5.56 Å². The van der Waals surface area contributed by atoms with Gasteiger partial charge in [0.25, 0.3) is 0 Å². The number of benzene rings is 1. The third-order valence-electron chi connectivity index (χ3n) is 6.83. The zero-order valence-electron chi connectivity index (χ0n) is 26.6. The minimum absolute atomic E-state index is 0.153. The SMILES string of the molecule is CCCCCCCN(C(=O)C(CC(C)C)NC(=O)OC(C)(C)C)C(C(=O)NCCCCC)c1ccc(CC)cc1. The third kappa shape index (κ3) is 13.7. The molecule has 0 bridgehead atoms. The minimum atomic E-state index is -0.796. The topological polar surface area (TPSA) is 87.7 Å². The van der Waals surface area contributed by atoms with Gasteiger partial charge in [-0.05, 0) is 63.5 Å². The second kappa shape index (κ2) is 18.7. The van der Waals surface area contributed by atoms with Crippen LogP contribution in [0.1, 0.15) is 130 Å². The highest BCUT2D eigenvalue weighted by Crippen LogP contribution is 2.25. The Morgan fingerprint density at radius 2 is 1.48 bits per heavy atom. The van der Waals surface area contributed by atoms with Gasteiger partial charge in [0.05, 0.1) is 0 Å². The molecular formula is C33H57N3O4. The molecule has 0 heterocycles. The Kier molecular flexibility index (Phi) is 16.6. The van der Waals surface area contributed by atoms with Gasteiger partial charge in [-0.15, -0.1) is 0 Å². The summed E-state index contributed by atoms with van der Waals surface area (Å²) in [5.41, 5.74) is 1.27. The van der Waals surface area contributed by atoms with Gasteiger partial charge in [-0.25, -0.2) is 4.79 Å². The Morgan fingerprint density at radius 3 is 2.02 bits per heavy atom. The van der Waals surface area contributed by atoms with Crippen molar-refractivity contribution in [1.29, 1.82) is 0 Å². The van der Waals surface area contributed by atoms with E-state index in [1.54, 1.807) is 25.7 Å². The van der Waals surface area contributed by atoms with Gasteiger partial charge < -0.3 is 20.3 Å². The number of nitrogens with zero attached hydrogens (tertiary/aromatic N) is 1. The lowest BCUT2D eigenvalue weighted by atomic mass is 9.97. The maximum atomic E-state index is 14.3. The van der Waals surface area contributed by atoms with Gasteiger partial charge >= 0.3 is 6.09 Å². The number of alkyl carbamates (subject to hydrolysis) is 1. The van der Waals surface area contributed by atoms with E-state index in [4.69, 9.17) is 4.74 Å². The summed E-state index contributed by atoms with van der Waals surface area (Å²) in [6, 6.07) is 6.41. The predicted octanol–water partition coefficient (Wildman–Crippen LogP) is 7.33. The zero-order chi connectivity index (χ0) is 30.1. The molecule has 0 aliphatic carbocycles. The van der Waals surface area contributed by atoms with Crippen LogP contribution in [0.5, 0.6) is 0 Å². The smallest absolute Gasteiger partial charge is 0.408 e. The number of carbonyl (C=O) groups excluding carboxylic acids is 3. The number of hydrogen-bond donors (Lipinski definition) is 2. The summed E-state index contributed by atoms with van der Waals surface area (Å²) in [7, 11) is 0. The van der Waals surface area contributed by atoms with Crippen molar-refractivity contribution in [2.45, 2.75) is 137 Å². The van der Waals surface area contributed by atoms with Gasteiger partial charge in [0.15, 0.2) is 0 Å². The first-order chi connectivity index (χ1) is 18.9. The molecule has 0 saturated carbocycles. The number of rotatable bonds is 18. The van der Waals surface area contributed by atoms with E-state index < -0.39 is 23.8 Å². The highest BCUT2D eigenvalue weighted by molar-refractivity contribution is 5.92. The highest BCUT2D eigenvalue weighted by atomic mass is 16.6. The average molecular weight is 560 g/mol. The average Bonchev–Trinajstić information content (AvgIpc) is 2.88. The lowest BCUT2D eigenvalue weighted by Crippen LogP contribution is -2.53. The predicted molar refractivity (Wildman–Crippen MR) is 164 cm³/mol. The van der Waals surface area contributed by atoms with Crippen LogP contribution >= 0.6 is 0 Å². The van der Waals surface area contributed by atoms with Crippen LogP contribution in [0.15, 0.2) is 24.3 Å². The van der Waals surface area contributed by atoms with Gasteiger partial charge in [-0.1, -0.05) is 97.4 Å². The molecule has 2 N–H and O–H groups in total. The van der Waals surface area contributed by atoms with E-state index >= 15 is 0 Å². The van der Waals surface area contributed by atoms with Gasteiger partial charge in [0.2, 0.25) is 11.8 Å². The molecule has 0 aliphatic rings. The van der Waals surface area contributed by atoms with Crippen molar-refractivity contribution in [3.8, 4) is 0 Å². The fraction of sp³-hybridized carbons (Fsp3) is 0.727. The largest absolute Gasteiger partial charge is 0.444 e. The quantitative estimate of drug-likeness (QED) is 0.184. The maximum Gasteiger partial charge on any atom is 0.408 e. The molecule has 0 aliphatic heterocycles. The van der Waals surface area contributed by atoms with Gasteiger partial charge in [0.1, 0.15) is 17.7 Å². The zero-order valence-corrected chi connectivity index (χ0v) is 26.6. The summed E-state index contributed by atoms with van der Waals surface area (Å²) in [6.07, 6.45) is 8.84. The highest BCUT2D eigenvalue weighted by Gasteiger charge is 2.36. The first-order valence-electron chi connectivity index (χ1n) is 15.6. The number of aryl methyl sites for hydroxylation is 1. The van der Waals surface area contributed by atoms with E-state index in [0.29, 0.717) is 19.5 Å². The van der Waals surface area contributed by atoms with Crippen molar-refractivity contribution in [2.24, 2.45) is 5.92 Å². The molecule has 7 nitrogen and oxygen atoms in total. The van der Waals surface area contributed by atoms with Crippen LogP contribution in [0.4, 0.5) is 4.79 Å². The fourth-order valence-electron chi connectivity index (χ4n) is 4.69. The van der Waals surface area contributed by atoms with Crippen LogP contribution in [-0.4, -0.2) is 47.5 Å². The first-order valence-corrected chi connectivity index (χ1v) is 15.6. The Bertz CT molecular complexity index is 877. The van der Waals surface area contributed by atoms with Crippen LogP contribution < -0.4 is 10.6 Å². The molecule has 3 amide bonds. The normalized spacial score (nSPS) is 13.0. The summed E-state index contributed by atoms with van der Waals surface area (Å²) in [5, 5.41) is 5.93. The molecule has 1 rings (SSSR count). The lowest BCUT2D eigenvalue weighted by molar-refractivity contribution is -0.143. The molecule has 0 fully saturated rings. The second-order valence-electron chi connectivity index (χ2n) is 12.3. The number of unbranched alkanes of at least 4 members (excludes halogenated alkanes) is 6. The number of nitrogens with one attached hydrogen (secondary N) is 2. The summed E-state index contributed by atoms with van der Waals surface area (Å²) in [4.78, 5) is 42.5. The van der Waals surface area contributed by atoms with Crippen LogP contribution in [0, 0.1) is 5.92 Å². The Labute approximate surface area is 244 Å². The summed E-state index contributed by atoms with van der Waals surface area (Å²) < 4.78 is 5.50. The van der Waals surface area contributed by atoms with Crippen molar-refractivity contribution in [3.63, 3.8) is 0 Å². The Morgan fingerprint density at radius 1 is 0.875 bits per heavy atom. The fourth-order valence-corrected chi connectivity index (χ4v) is 4.69. The van der Waals surface area contributed by atoms with Crippen molar-refractivity contribution in [3.05, 3.63) is 35.4 Å². The van der Waals surface area contributed by atoms with Crippen LogP contribution in [0.25, 0.3) is 0 Å². The summed E-state index contributed by atoms with van der Waals surface area (Å²) >= 11 is 0. The van der Waals surface area contributed by atoms with Crippen LogP contribution in [0.2, 0.25) is 0 Å². The molecule has 1 aromatic carbocycles.